The number of esters is 1. The van der Waals surface area contributed by atoms with Crippen LogP contribution in [0, 0.1) is 0 Å². The maximum Gasteiger partial charge on any atom is 0.336 e. The van der Waals surface area contributed by atoms with E-state index in [4.69, 9.17) is 4.74 Å². The molecule has 0 N–H and O–H groups in total. The summed E-state index contributed by atoms with van der Waals surface area (Å²) >= 11 is 0. The van der Waals surface area contributed by atoms with Crippen LogP contribution >= 0.6 is 0 Å². The largest absolute Gasteiger partial charge is 0.423 e. The fraction of sp³-hybridized carbons (Fsp3) is 0. The number of hydrogen-bond donors (Lipinski definition) is 0. The van der Waals surface area contributed by atoms with Crippen molar-refractivity contribution in [2.45, 2.75) is 0 Å². The highest BCUT2D eigenvalue weighted by molar-refractivity contribution is 5.86. The lowest BCUT2D eigenvalue weighted by Crippen LogP contribution is -1.89. The lowest BCUT2D eigenvalue weighted by Gasteiger charge is -1.92. The molecule has 0 saturated heterocycles. The van der Waals surface area contributed by atoms with E-state index in [0.29, 0.717) is 5.76 Å². The van der Waals surface area contributed by atoms with Gasteiger partial charge in [-0.2, -0.15) is 0 Å². The van der Waals surface area contributed by atoms with E-state index in [1.54, 1.807) is 12.2 Å². The SMILES string of the molecule is O=C1C=C/C(=C\C=C\c2ccccc2)O1. The van der Waals surface area contributed by atoms with Crippen molar-refractivity contribution in [3.05, 3.63) is 66.0 Å². The summed E-state index contributed by atoms with van der Waals surface area (Å²) in [5.74, 6) is 0.265. The minimum absolute atomic E-state index is 0.311. The predicted molar refractivity (Wildman–Crippen MR) is 58.8 cm³/mol. The third-order valence-electron chi connectivity index (χ3n) is 1.95. The summed E-state index contributed by atoms with van der Waals surface area (Å²) in [6.07, 6.45) is 8.62. The van der Waals surface area contributed by atoms with Crippen LogP contribution in [0.2, 0.25) is 0 Å². The third-order valence-corrected chi connectivity index (χ3v) is 1.95. The topological polar surface area (TPSA) is 26.3 Å². The quantitative estimate of drug-likeness (QED) is 0.683. The van der Waals surface area contributed by atoms with Crippen LogP contribution in [0.25, 0.3) is 6.08 Å². The molecule has 1 aromatic rings. The van der Waals surface area contributed by atoms with Crippen LogP contribution < -0.4 is 0 Å². The number of hydrogen-bond acceptors (Lipinski definition) is 2. The van der Waals surface area contributed by atoms with Crippen LogP contribution in [0.15, 0.2) is 60.4 Å². The molecule has 2 nitrogen and oxygen atoms in total. The first-order valence-electron chi connectivity index (χ1n) is 4.68. The summed E-state index contributed by atoms with van der Waals surface area (Å²) in [4.78, 5) is 10.7. The molecule has 74 valence electrons. The van der Waals surface area contributed by atoms with Crippen LogP contribution in [0.1, 0.15) is 5.56 Å². The van der Waals surface area contributed by atoms with E-state index in [1.165, 1.54) is 6.08 Å². The van der Waals surface area contributed by atoms with Crippen molar-refractivity contribution in [3.63, 3.8) is 0 Å². The van der Waals surface area contributed by atoms with E-state index in [-0.39, 0.29) is 5.97 Å². The summed E-state index contributed by atoms with van der Waals surface area (Å²) in [5.41, 5.74) is 1.11. The Hall–Kier alpha value is -2.09. The van der Waals surface area contributed by atoms with Gasteiger partial charge in [-0.3, -0.25) is 0 Å². The minimum Gasteiger partial charge on any atom is -0.423 e. The molecule has 0 aromatic heterocycles. The first-order chi connectivity index (χ1) is 7.34. The lowest BCUT2D eigenvalue weighted by molar-refractivity contribution is -0.132. The van der Waals surface area contributed by atoms with Gasteiger partial charge in [-0.1, -0.05) is 42.5 Å². The van der Waals surface area contributed by atoms with Gasteiger partial charge in [0.15, 0.2) is 0 Å². The van der Waals surface area contributed by atoms with E-state index in [2.05, 4.69) is 0 Å². The molecule has 1 aliphatic rings. The van der Waals surface area contributed by atoms with Gasteiger partial charge in [-0.15, -0.1) is 0 Å². The van der Waals surface area contributed by atoms with Crippen molar-refractivity contribution < 1.29 is 9.53 Å². The predicted octanol–water partition coefficient (Wildman–Crippen LogP) is 2.70. The normalized spacial score (nSPS) is 17.6. The summed E-state index contributed by atoms with van der Waals surface area (Å²) in [6.45, 7) is 0. The lowest BCUT2D eigenvalue weighted by atomic mass is 10.2. The maximum absolute atomic E-state index is 10.7. The van der Waals surface area contributed by atoms with Crippen molar-refractivity contribution >= 4 is 12.0 Å². The van der Waals surface area contributed by atoms with E-state index < -0.39 is 0 Å². The first kappa shape index (κ1) is 9.46. The molecule has 0 bridgehead atoms. The Morgan fingerprint density at radius 1 is 1.07 bits per heavy atom. The van der Waals surface area contributed by atoms with Gasteiger partial charge >= 0.3 is 5.97 Å². The highest BCUT2D eigenvalue weighted by atomic mass is 16.5. The van der Waals surface area contributed by atoms with E-state index >= 15 is 0 Å². The molecule has 0 saturated carbocycles. The molecule has 0 atom stereocenters. The minimum atomic E-state index is -0.311. The molecule has 2 heteroatoms. The Bertz CT molecular complexity index is 439. The van der Waals surface area contributed by atoms with Crippen LogP contribution in [0.4, 0.5) is 0 Å². The van der Waals surface area contributed by atoms with E-state index in [1.807, 2.05) is 42.5 Å². The zero-order valence-corrected chi connectivity index (χ0v) is 8.09. The van der Waals surface area contributed by atoms with Gasteiger partial charge in [0.25, 0.3) is 0 Å². The van der Waals surface area contributed by atoms with Gasteiger partial charge in [0.1, 0.15) is 5.76 Å². The Balaban J connectivity index is 2.02. The van der Waals surface area contributed by atoms with Gasteiger partial charge in [-0.25, -0.2) is 4.79 Å². The number of cyclic esters (lactones) is 1. The Morgan fingerprint density at radius 3 is 2.53 bits per heavy atom. The van der Waals surface area contributed by atoms with Crippen LogP contribution in [0.5, 0.6) is 0 Å². The second-order valence-electron chi connectivity index (χ2n) is 3.09. The molecule has 1 aromatic carbocycles. The molecule has 0 spiro atoms. The fourth-order valence-electron chi connectivity index (χ4n) is 1.24. The second-order valence-corrected chi connectivity index (χ2v) is 3.09. The molecular weight excluding hydrogens is 188 g/mol. The standard InChI is InChI=1S/C13H10O2/c14-13-10-9-12(15-13)8-4-7-11-5-2-1-3-6-11/h1-10H/b7-4+,12-8+. The number of benzene rings is 1. The monoisotopic (exact) mass is 198 g/mol. The van der Waals surface area contributed by atoms with Crippen LogP contribution in [-0.2, 0) is 9.53 Å². The Kier molecular flexibility index (Phi) is 2.79. The van der Waals surface area contributed by atoms with Gasteiger partial charge in [0.2, 0.25) is 0 Å². The molecule has 1 heterocycles. The maximum atomic E-state index is 10.7. The van der Waals surface area contributed by atoms with E-state index in [0.717, 1.165) is 5.56 Å². The first-order valence-corrected chi connectivity index (χ1v) is 4.68. The number of allylic oxidation sites excluding steroid dienone is 3. The Labute approximate surface area is 88.2 Å². The van der Waals surface area contributed by atoms with E-state index in [9.17, 15) is 4.79 Å². The van der Waals surface area contributed by atoms with Crippen molar-refractivity contribution in [2.75, 3.05) is 0 Å². The number of carbonyl (C=O) groups is 1. The fourth-order valence-corrected chi connectivity index (χ4v) is 1.24. The van der Waals surface area contributed by atoms with Gasteiger partial charge < -0.3 is 4.74 Å². The molecule has 0 amide bonds. The second kappa shape index (κ2) is 4.42. The molecule has 0 fully saturated rings. The van der Waals surface area contributed by atoms with Crippen LogP contribution in [0.3, 0.4) is 0 Å². The summed E-state index contributed by atoms with van der Waals surface area (Å²) < 4.78 is 4.86. The zero-order chi connectivity index (χ0) is 10.5. The van der Waals surface area contributed by atoms with Crippen molar-refractivity contribution in [2.24, 2.45) is 0 Å². The highest BCUT2D eigenvalue weighted by Crippen LogP contribution is 2.09. The Morgan fingerprint density at radius 2 is 1.87 bits per heavy atom. The molecule has 2 rings (SSSR count). The summed E-state index contributed by atoms with van der Waals surface area (Å²) in [5, 5.41) is 0. The zero-order valence-electron chi connectivity index (χ0n) is 8.09. The van der Waals surface area contributed by atoms with Gasteiger partial charge in [-0.05, 0) is 17.7 Å². The number of rotatable bonds is 2. The molecule has 0 radical (unpaired) electrons. The molecular formula is C13H10O2. The molecule has 0 unspecified atom stereocenters. The third kappa shape index (κ3) is 2.68. The van der Waals surface area contributed by atoms with Crippen molar-refractivity contribution in [3.8, 4) is 0 Å². The summed E-state index contributed by atoms with van der Waals surface area (Å²) in [7, 11) is 0. The summed E-state index contributed by atoms with van der Waals surface area (Å²) in [6, 6.07) is 9.93. The molecule has 15 heavy (non-hydrogen) atoms. The molecule has 0 aliphatic carbocycles. The molecule has 1 aliphatic heterocycles. The number of ether oxygens (including phenoxy) is 1. The van der Waals surface area contributed by atoms with Crippen molar-refractivity contribution in [1.82, 2.24) is 0 Å². The number of carbonyl (C=O) groups excluding carboxylic acids is 1. The van der Waals surface area contributed by atoms with Gasteiger partial charge in [0.05, 0.1) is 0 Å². The average Bonchev–Trinajstić information content (AvgIpc) is 2.66. The highest BCUT2D eigenvalue weighted by Gasteiger charge is 2.06. The van der Waals surface area contributed by atoms with Gasteiger partial charge in [0, 0.05) is 6.08 Å². The smallest absolute Gasteiger partial charge is 0.336 e. The van der Waals surface area contributed by atoms with Crippen molar-refractivity contribution in [1.29, 1.82) is 0 Å². The average molecular weight is 198 g/mol. The van der Waals surface area contributed by atoms with Crippen LogP contribution in [-0.4, -0.2) is 5.97 Å².